The topological polar surface area (TPSA) is 281 Å². The van der Waals surface area contributed by atoms with Crippen LogP contribution in [0.3, 0.4) is 0 Å². The van der Waals surface area contributed by atoms with Crippen LogP contribution in [0.25, 0.3) is 0 Å². The lowest BCUT2D eigenvalue weighted by atomic mass is 9.77. The Morgan fingerprint density at radius 2 is 1.62 bits per heavy atom. The van der Waals surface area contributed by atoms with Crippen molar-refractivity contribution in [2.24, 2.45) is 5.73 Å². The molecular weight excluding hydrogens is 758 g/mol. The van der Waals surface area contributed by atoms with Crippen molar-refractivity contribution in [1.29, 1.82) is 0 Å². The fraction of sp³-hybridized carbons (Fsp3) is 0.229. The van der Waals surface area contributed by atoms with E-state index in [1.54, 1.807) is 54.4 Å². The van der Waals surface area contributed by atoms with Crippen LogP contribution >= 0.6 is 15.2 Å². The Hall–Kier alpha value is -5.45. The second-order valence-electron chi connectivity index (χ2n) is 12.8. The maximum atomic E-state index is 13.5. The first-order valence-corrected chi connectivity index (χ1v) is 20.0. The molecular formula is C35H37N6O12P2+. The van der Waals surface area contributed by atoms with Crippen LogP contribution < -0.4 is 20.4 Å². The van der Waals surface area contributed by atoms with Gasteiger partial charge < -0.3 is 50.3 Å². The molecule has 288 valence electrons. The number of fused-ring (bicyclic) bond motifs is 4. The van der Waals surface area contributed by atoms with Crippen molar-refractivity contribution in [3.8, 4) is 23.0 Å². The van der Waals surface area contributed by atoms with Crippen LogP contribution in [-0.4, -0.2) is 68.6 Å². The summed E-state index contributed by atoms with van der Waals surface area (Å²) < 4.78 is 38.6. The summed E-state index contributed by atoms with van der Waals surface area (Å²) in [6, 6.07) is 11.4. The van der Waals surface area contributed by atoms with Crippen LogP contribution in [0.5, 0.6) is 23.0 Å². The van der Waals surface area contributed by atoms with Crippen molar-refractivity contribution in [3.05, 3.63) is 125 Å². The Kier molecular flexibility index (Phi) is 11.0. The zero-order valence-corrected chi connectivity index (χ0v) is 30.8. The molecule has 4 heterocycles. The number of carbonyl (C=O) groups excluding carboxylic acids is 2. The monoisotopic (exact) mass is 795 g/mol. The molecule has 0 bridgehead atoms. The fourth-order valence-electron chi connectivity index (χ4n) is 6.39. The molecule has 1 unspecified atom stereocenters. The second-order valence-corrected chi connectivity index (χ2v) is 16.8. The predicted molar refractivity (Wildman–Crippen MR) is 192 cm³/mol. The molecule has 1 spiro atoms. The van der Waals surface area contributed by atoms with Gasteiger partial charge in [0.15, 0.2) is 29.9 Å². The lowest BCUT2D eigenvalue weighted by molar-refractivity contribution is -0.701. The normalized spacial score (nSPS) is 15.7. The molecule has 2 aromatic heterocycles. The van der Waals surface area contributed by atoms with Crippen LogP contribution in [0.4, 0.5) is 0 Å². The lowest BCUT2D eigenvalue weighted by Gasteiger charge is -2.37. The molecule has 0 saturated heterocycles. The summed E-state index contributed by atoms with van der Waals surface area (Å²) in [6.07, 6.45) is 10.2. The van der Waals surface area contributed by atoms with Gasteiger partial charge in [0.1, 0.15) is 34.7 Å². The van der Waals surface area contributed by atoms with Gasteiger partial charge >= 0.3 is 21.2 Å². The van der Waals surface area contributed by atoms with Crippen molar-refractivity contribution in [3.63, 3.8) is 0 Å². The van der Waals surface area contributed by atoms with Gasteiger partial charge in [0, 0.05) is 53.6 Å². The maximum Gasteiger partial charge on any atom is 0.341 e. The summed E-state index contributed by atoms with van der Waals surface area (Å²) in [5.74, 6) is -1.00. The Labute approximate surface area is 313 Å². The number of benzene rings is 2. The average Bonchev–Trinajstić information content (AvgIpc) is 3.69. The minimum Gasteiger partial charge on any atom is -0.508 e. The van der Waals surface area contributed by atoms with Gasteiger partial charge in [-0.15, -0.1) is 5.10 Å². The second kappa shape index (κ2) is 15.4. The third-order valence-corrected chi connectivity index (χ3v) is 12.7. The van der Waals surface area contributed by atoms with Gasteiger partial charge in [0.2, 0.25) is 5.91 Å². The zero-order chi connectivity index (χ0) is 39.7. The van der Waals surface area contributed by atoms with E-state index in [0.717, 1.165) is 0 Å². The van der Waals surface area contributed by atoms with E-state index in [4.69, 9.17) is 15.2 Å². The summed E-state index contributed by atoms with van der Waals surface area (Å²) >= 11 is 0. The van der Waals surface area contributed by atoms with E-state index >= 15 is 0 Å². The summed E-state index contributed by atoms with van der Waals surface area (Å²) in [5, 5.41) is 29.1. The number of nitrogens with two attached hydrogens (primary N) is 1. The van der Waals surface area contributed by atoms with Crippen molar-refractivity contribution in [1.82, 2.24) is 20.3 Å². The van der Waals surface area contributed by atoms with E-state index in [2.05, 4.69) is 15.6 Å². The number of amides is 1. The molecule has 2 aliphatic heterocycles. The SMILES string of the molecule is C/C=C\C1=C(/C=C/C(=O)NCc2cn(C(CN)C[n+]3ccc(CC(P(=O)(O)O)P(=O)(O)O)cc3)nn2)C(=O)OC12c1ccc(O)cc1Oc1cc(O)ccc12. The molecule has 0 saturated carbocycles. The van der Waals surface area contributed by atoms with E-state index in [1.165, 1.54) is 53.2 Å². The highest BCUT2D eigenvalue weighted by molar-refractivity contribution is 7.70. The number of pyridine rings is 1. The summed E-state index contributed by atoms with van der Waals surface area (Å²) in [5.41, 5.74) is 6.57. The Bertz CT molecular complexity index is 2260. The minimum atomic E-state index is -5.07. The first kappa shape index (κ1) is 39.2. The molecule has 2 aliphatic rings. The van der Waals surface area contributed by atoms with Crippen molar-refractivity contribution in [2.75, 3.05) is 6.54 Å². The van der Waals surface area contributed by atoms with Crippen molar-refractivity contribution < 1.29 is 62.5 Å². The molecule has 20 heteroatoms. The third kappa shape index (κ3) is 8.16. The fourth-order valence-corrected chi connectivity index (χ4v) is 8.85. The Balaban J connectivity index is 1.15. The third-order valence-electron chi connectivity index (χ3n) is 9.00. The number of allylic oxidation sites excluding steroid dienone is 1. The van der Waals surface area contributed by atoms with Crippen molar-refractivity contribution >= 4 is 27.1 Å². The van der Waals surface area contributed by atoms with Gasteiger partial charge in [-0.05, 0) is 49.2 Å². The number of nitrogens with one attached hydrogen (secondary N) is 1. The van der Waals surface area contributed by atoms with Gasteiger partial charge in [-0.25, -0.2) is 14.0 Å². The molecule has 1 atom stereocenters. The Morgan fingerprint density at radius 3 is 2.18 bits per heavy atom. The molecule has 1 amide bonds. The van der Waals surface area contributed by atoms with Gasteiger partial charge in [0.25, 0.3) is 0 Å². The number of phenols is 2. The number of rotatable bonds is 13. The van der Waals surface area contributed by atoms with Crippen LogP contribution in [0.15, 0.2) is 103 Å². The highest BCUT2D eigenvalue weighted by atomic mass is 31.2. The van der Waals surface area contributed by atoms with E-state index in [9.17, 15) is 48.5 Å². The average molecular weight is 796 g/mol. The molecule has 4 aromatic rings. The highest BCUT2D eigenvalue weighted by Crippen LogP contribution is 2.61. The largest absolute Gasteiger partial charge is 0.508 e. The van der Waals surface area contributed by atoms with Crippen LogP contribution in [0.1, 0.15) is 35.3 Å². The number of carbonyl (C=O) groups is 2. The molecule has 55 heavy (non-hydrogen) atoms. The number of ether oxygens (including phenoxy) is 2. The molecule has 9 N–H and O–H groups in total. The zero-order valence-electron chi connectivity index (χ0n) is 29.0. The smallest absolute Gasteiger partial charge is 0.341 e. The van der Waals surface area contributed by atoms with Gasteiger partial charge in [0.05, 0.1) is 18.3 Å². The van der Waals surface area contributed by atoms with Crippen LogP contribution in [0.2, 0.25) is 0 Å². The van der Waals surface area contributed by atoms with E-state index in [1.807, 2.05) is 0 Å². The van der Waals surface area contributed by atoms with E-state index in [0.29, 0.717) is 34.5 Å². The number of nitrogens with zero attached hydrogens (tertiary/aromatic N) is 4. The van der Waals surface area contributed by atoms with Gasteiger partial charge in [-0.2, -0.15) is 0 Å². The molecule has 0 aliphatic carbocycles. The first-order valence-electron chi connectivity index (χ1n) is 16.6. The van der Waals surface area contributed by atoms with Gasteiger partial charge in [-0.1, -0.05) is 17.4 Å². The number of hydrogen-bond donors (Lipinski definition) is 8. The number of hydrogen-bond acceptors (Lipinski definition) is 11. The maximum absolute atomic E-state index is 13.5. The van der Waals surface area contributed by atoms with E-state index < -0.39 is 50.5 Å². The number of phenolic OH excluding ortho intramolecular Hbond substituents is 2. The summed E-state index contributed by atoms with van der Waals surface area (Å²) in [7, 11) is -10.1. The summed E-state index contributed by atoms with van der Waals surface area (Å²) in [6.45, 7) is 2.16. The van der Waals surface area contributed by atoms with Gasteiger partial charge in [-0.3, -0.25) is 13.9 Å². The van der Waals surface area contributed by atoms with E-state index in [-0.39, 0.29) is 41.7 Å². The highest BCUT2D eigenvalue weighted by Gasteiger charge is 2.54. The molecule has 18 nitrogen and oxygen atoms in total. The molecule has 2 aromatic carbocycles. The standard InChI is InChI=1S/C35H36N6O12P2/c1-2-3-27-26(34(45)53-35(27)28-7-4-24(42)15-30(28)52-31-16-25(43)5-8-29(31)35)6-9-32(44)37-18-22-19-41(39-38-22)23(17-36)20-40-12-10-21(11-13-40)14-33(54(46,47)48)55(49,50)51/h2-13,15-16,19,23,33H,14,17-18,20,36H2,1H3,(H6-,37,42,43,44,46,47,48,49,50,51)/p+1/b3-2-,9-6+. The molecule has 0 fully saturated rings. The number of aromatic nitrogens is 4. The quantitative estimate of drug-likeness (QED) is 0.0416. The molecule has 0 radical (unpaired) electrons. The van der Waals surface area contributed by atoms with Crippen LogP contribution in [0, 0.1) is 0 Å². The summed E-state index contributed by atoms with van der Waals surface area (Å²) in [4.78, 5) is 64.2. The number of aromatic hydroxyl groups is 2. The lowest BCUT2D eigenvalue weighted by Crippen LogP contribution is -2.40. The van der Waals surface area contributed by atoms with Crippen LogP contribution in [-0.2, 0) is 48.6 Å². The number of esters is 1. The van der Waals surface area contributed by atoms with Crippen molar-refractivity contribution in [2.45, 2.75) is 43.5 Å². The first-order chi connectivity index (χ1) is 26.0. The Morgan fingerprint density at radius 1 is 1.00 bits per heavy atom. The predicted octanol–water partition coefficient (Wildman–Crippen LogP) is 2.05. The minimum absolute atomic E-state index is 0.0250. The molecule has 6 rings (SSSR count).